The maximum absolute atomic E-state index is 12.8. The molecule has 0 aromatic heterocycles. The SMILES string of the molecule is CC(=O)O[C@H]1C[C@@H]2[C@@]3(C)C=CC(=O)C(C)(C)[C@@H]3C[C@H](O)[C@@]2(C)C2=CC[C@@H](C3=CCNC3=O)[C@@]21C. The van der Waals surface area contributed by atoms with Gasteiger partial charge in [0, 0.05) is 41.2 Å². The lowest BCUT2D eigenvalue weighted by molar-refractivity contribution is -0.193. The number of carbonyl (C=O) groups excluding carboxylic acids is 3. The quantitative estimate of drug-likeness (QED) is 0.479. The molecular weight excluding hydrogens is 430 g/mol. The van der Waals surface area contributed by atoms with E-state index in [9.17, 15) is 19.5 Å². The first kappa shape index (κ1) is 23.5. The van der Waals surface area contributed by atoms with Crippen molar-refractivity contribution < 1.29 is 24.2 Å². The molecule has 184 valence electrons. The lowest BCUT2D eigenvalue weighted by Gasteiger charge is -2.67. The van der Waals surface area contributed by atoms with Crippen LogP contribution in [0, 0.1) is 39.4 Å². The number of fused-ring (bicyclic) bond motifs is 5. The third-order valence-corrected chi connectivity index (χ3v) is 10.6. The summed E-state index contributed by atoms with van der Waals surface area (Å²) in [4.78, 5) is 37.8. The molecule has 5 rings (SSSR count). The normalized spacial score (nSPS) is 46.6. The lowest BCUT2D eigenvalue weighted by atomic mass is 9.38. The predicted octanol–water partition coefficient (Wildman–Crippen LogP) is 3.51. The molecule has 2 N–H and O–H groups in total. The van der Waals surface area contributed by atoms with Crippen LogP contribution >= 0.6 is 0 Å². The first-order chi connectivity index (χ1) is 15.8. The van der Waals surface area contributed by atoms with Gasteiger partial charge >= 0.3 is 5.97 Å². The Morgan fingerprint density at radius 3 is 2.38 bits per heavy atom. The van der Waals surface area contributed by atoms with Crippen LogP contribution in [0.3, 0.4) is 0 Å². The molecule has 0 bridgehead atoms. The summed E-state index contributed by atoms with van der Waals surface area (Å²) >= 11 is 0. The number of esters is 1. The maximum Gasteiger partial charge on any atom is 0.302 e. The lowest BCUT2D eigenvalue weighted by Crippen LogP contribution is -2.66. The summed E-state index contributed by atoms with van der Waals surface area (Å²) in [5.74, 6) is -0.439. The zero-order valence-electron chi connectivity index (χ0n) is 21.1. The zero-order chi connectivity index (χ0) is 24.8. The summed E-state index contributed by atoms with van der Waals surface area (Å²) in [5, 5.41) is 14.7. The van der Waals surface area contributed by atoms with Crippen molar-refractivity contribution in [1.29, 1.82) is 0 Å². The fourth-order valence-corrected chi connectivity index (χ4v) is 8.77. The number of amides is 1. The summed E-state index contributed by atoms with van der Waals surface area (Å²) in [7, 11) is 0. The summed E-state index contributed by atoms with van der Waals surface area (Å²) in [5.41, 5.74) is -0.202. The minimum Gasteiger partial charge on any atom is -0.462 e. The number of aliphatic hydroxyl groups excluding tert-OH is 1. The van der Waals surface area contributed by atoms with Gasteiger partial charge in [-0.3, -0.25) is 14.4 Å². The molecule has 2 fully saturated rings. The van der Waals surface area contributed by atoms with Gasteiger partial charge in [-0.25, -0.2) is 0 Å². The monoisotopic (exact) mass is 467 g/mol. The van der Waals surface area contributed by atoms with Crippen molar-refractivity contribution in [3.05, 3.63) is 35.5 Å². The molecule has 0 unspecified atom stereocenters. The third-order valence-electron chi connectivity index (χ3n) is 10.6. The van der Waals surface area contributed by atoms with Crippen LogP contribution in [0.2, 0.25) is 0 Å². The van der Waals surface area contributed by atoms with Gasteiger partial charge in [0.25, 0.3) is 0 Å². The highest BCUT2D eigenvalue weighted by molar-refractivity contribution is 5.97. The van der Waals surface area contributed by atoms with Crippen molar-refractivity contribution >= 4 is 17.7 Å². The van der Waals surface area contributed by atoms with Crippen molar-refractivity contribution in [3.8, 4) is 0 Å². The fraction of sp³-hybridized carbons (Fsp3) is 0.679. The second-order valence-electron chi connectivity index (χ2n) is 12.3. The molecule has 34 heavy (non-hydrogen) atoms. The number of rotatable bonds is 2. The molecule has 0 aromatic carbocycles. The summed E-state index contributed by atoms with van der Waals surface area (Å²) < 4.78 is 6.05. The second kappa shape index (κ2) is 7.16. The van der Waals surface area contributed by atoms with Gasteiger partial charge < -0.3 is 15.2 Å². The number of nitrogens with one attached hydrogen (secondary N) is 1. The number of ketones is 1. The average molecular weight is 468 g/mol. The molecule has 2 saturated carbocycles. The van der Waals surface area contributed by atoms with E-state index in [0.29, 0.717) is 25.8 Å². The zero-order valence-corrected chi connectivity index (χ0v) is 21.1. The Labute approximate surface area is 201 Å². The van der Waals surface area contributed by atoms with E-state index < -0.39 is 28.5 Å². The van der Waals surface area contributed by atoms with Crippen LogP contribution < -0.4 is 5.32 Å². The number of allylic oxidation sites excluding steroid dienone is 3. The van der Waals surface area contributed by atoms with E-state index in [1.807, 2.05) is 19.9 Å². The van der Waals surface area contributed by atoms with E-state index in [1.54, 1.807) is 6.08 Å². The highest BCUT2D eigenvalue weighted by Gasteiger charge is 2.70. The van der Waals surface area contributed by atoms with Crippen LogP contribution in [0.5, 0.6) is 0 Å². The van der Waals surface area contributed by atoms with Crippen LogP contribution in [-0.4, -0.2) is 41.5 Å². The van der Waals surface area contributed by atoms with Crippen molar-refractivity contribution in [1.82, 2.24) is 5.32 Å². The highest BCUT2D eigenvalue weighted by Crippen LogP contribution is 2.72. The van der Waals surface area contributed by atoms with Crippen LogP contribution in [0.15, 0.2) is 35.5 Å². The minimum absolute atomic E-state index is 0.0194. The Balaban J connectivity index is 1.67. The number of ether oxygens (including phenoxy) is 1. The third kappa shape index (κ3) is 2.75. The van der Waals surface area contributed by atoms with Crippen LogP contribution in [0.4, 0.5) is 0 Å². The van der Waals surface area contributed by atoms with Crippen molar-refractivity contribution in [2.45, 2.75) is 73.0 Å². The van der Waals surface area contributed by atoms with Crippen LogP contribution in [0.1, 0.15) is 60.8 Å². The molecular formula is C28H37NO5. The number of hydrogen-bond donors (Lipinski definition) is 2. The molecule has 6 heteroatoms. The summed E-state index contributed by atoms with van der Waals surface area (Å²) in [6, 6.07) is 0. The number of hydrogen-bond acceptors (Lipinski definition) is 5. The van der Waals surface area contributed by atoms with E-state index in [-0.39, 0.29) is 40.8 Å². The molecule has 4 aliphatic carbocycles. The Hall–Kier alpha value is -2.21. The van der Waals surface area contributed by atoms with E-state index in [4.69, 9.17) is 4.74 Å². The molecule has 0 aromatic rings. The van der Waals surface area contributed by atoms with Gasteiger partial charge in [-0.1, -0.05) is 58.4 Å². The topological polar surface area (TPSA) is 92.7 Å². The van der Waals surface area contributed by atoms with Gasteiger partial charge in [0.2, 0.25) is 5.91 Å². The first-order valence-corrected chi connectivity index (χ1v) is 12.6. The molecule has 1 heterocycles. The van der Waals surface area contributed by atoms with E-state index >= 15 is 0 Å². The van der Waals surface area contributed by atoms with Gasteiger partial charge in [0.1, 0.15) is 6.10 Å². The van der Waals surface area contributed by atoms with E-state index in [0.717, 1.165) is 11.1 Å². The Morgan fingerprint density at radius 2 is 1.76 bits per heavy atom. The van der Waals surface area contributed by atoms with Gasteiger partial charge in [-0.05, 0) is 42.6 Å². The fourth-order valence-electron chi connectivity index (χ4n) is 8.77. The Bertz CT molecular complexity index is 1070. The average Bonchev–Trinajstić information content (AvgIpc) is 3.33. The Morgan fingerprint density at radius 1 is 1.06 bits per heavy atom. The van der Waals surface area contributed by atoms with Crippen molar-refractivity contribution in [2.75, 3.05) is 6.54 Å². The van der Waals surface area contributed by atoms with Crippen molar-refractivity contribution in [3.63, 3.8) is 0 Å². The predicted molar refractivity (Wildman–Crippen MR) is 127 cm³/mol. The smallest absolute Gasteiger partial charge is 0.302 e. The van der Waals surface area contributed by atoms with Gasteiger partial charge in [0.05, 0.1) is 6.10 Å². The minimum atomic E-state index is -0.636. The number of carbonyl (C=O) groups is 3. The maximum atomic E-state index is 12.8. The van der Waals surface area contributed by atoms with Crippen LogP contribution in [-0.2, 0) is 19.1 Å². The Kier molecular flexibility index (Phi) is 4.95. The molecule has 1 amide bonds. The highest BCUT2D eigenvalue weighted by atomic mass is 16.5. The molecule has 0 saturated heterocycles. The standard InChI is InChI=1S/C28H37NO5/c1-15(30)34-23-14-20-26(4)11-9-21(31)25(2,3)19(26)13-22(32)28(20,6)18-8-7-17(27(18,23)5)16-10-12-29-24(16)33/h8-11,17,19-20,22-23,32H,7,12-14H2,1-6H3,(H,29,33)/t17-,19-,20+,22-,23-,26-,27-,28-/m0/s1. The van der Waals surface area contributed by atoms with Crippen LogP contribution in [0.25, 0.3) is 0 Å². The molecule has 5 aliphatic rings. The first-order valence-electron chi connectivity index (χ1n) is 12.6. The van der Waals surface area contributed by atoms with Gasteiger partial charge in [0.15, 0.2) is 5.78 Å². The molecule has 0 radical (unpaired) electrons. The second-order valence-corrected chi connectivity index (χ2v) is 12.3. The molecule has 0 spiro atoms. The van der Waals surface area contributed by atoms with Gasteiger partial charge in [-0.15, -0.1) is 0 Å². The van der Waals surface area contributed by atoms with Gasteiger partial charge in [-0.2, -0.15) is 0 Å². The van der Waals surface area contributed by atoms with E-state index in [1.165, 1.54) is 6.92 Å². The summed E-state index contributed by atoms with van der Waals surface area (Å²) in [6.07, 6.45) is 8.68. The van der Waals surface area contributed by atoms with Crippen molar-refractivity contribution in [2.24, 2.45) is 39.4 Å². The molecule has 1 aliphatic heterocycles. The number of aliphatic hydroxyl groups is 1. The molecule has 8 atom stereocenters. The molecule has 6 nitrogen and oxygen atoms in total. The van der Waals surface area contributed by atoms with E-state index in [2.05, 4.69) is 38.2 Å². The summed E-state index contributed by atoms with van der Waals surface area (Å²) in [6.45, 7) is 12.4. The largest absolute Gasteiger partial charge is 0.462 e.